The lowest BCUT2D eigenvalue weighted by Gasteiger charge is -2.12. The number of benzene rings is 1. The van der Waals surface area contributed by atoms with Crippen LogP contribution in [0.25, 0.3) is 5.69 Å². The topological polar surface area (TPSA) is 64.2 Å². The molecule has 1 saturated carbocycles. The Balaban J connectivity index is 1.98. The van der Waals surface area contributed by atoms with Gasteiger partial charge in [-0.1, -0.05) is 0 Å². The van der Waals surface area contributed by atoms with Gasteiger partial charge in [-0.25, -0.2) is 4.68 Å². The number of hydrogen-bond acceptors (Lipinski definition) is 3. The third kappa shape index (κ3) is 2.27. The Hall–Kier alpha value is -2.30. The second-order valence-electron chi connectivity index (χ2n) is 5.43. The lowest BCUT2D eigenvalue weighted by Crippen LogP contribution is -2.22. The van der Waals surface area contributed by atoms with Crippen molar-refractivity contribution in [3.8, 4) is 5.69 Å². The van der Waals surface area contributed by atoms with Crippen molar-refractivity contribution in [1.82, 2.24) is 14.7 Å². The highest BCUT2D eigenvalue weighted by molar-refractivity contribution is 5.95. The first-order valence-corrected chi connectivity index (χ1v) is 6.73. The van der Waals surface area contributed by atoms with Gasteiger partial charge in [0.05, 0.1) is 17.1 Å². The fourth-order valence-electron chi connectivity index (χ4n) is 2.20. The van der Waals surface area contributed by atoms with E-state index >= 15 is 0 Å². The molecule has 0 radical (unpaired) electrons. The molecule has 104 valence electrons. The molecule has 1 aromatic heterocycles. The first-order valence-electron chi connectivity index (χ1n) is 6.73. The largest absolute Gasteiger partial charge is 0.397 e. The van der Waals surface area contributed by atoms with Crippen LogP contribution in [0.15, 0.2) is 30.5 Å². The maximum absolute atomic E-state index is 12.0. The van der Waals surface area contributed by atoms with Crippen LogP contribution in [0.1, 0.15) is 34.8 Å². The number of carbonyl (C=O) groups is 1. The smallest absolute Gasteiger partial charge is 0.253 e. The minimum absolute atomic E-state index is 0.0409. The summed E-state index contributed by atoms with van der Waals surface area (Å²) in [5.74, 6) is 0.560. The Kier molecular flexibility index (Phi) is 2.97. The van der Waals surface area contributed by atoms with Gasteiger partial charge in [-0.05, 0) is 37.1 Å². The molecule has 3 rings (SSSR count). The van der Waals surface area contributed by atoms with E-state index in [4.69, 9.17) is 5.73 Å². The number of hydrogen-bond donors (Lipinski definition) is 1. The highest BCUT2D eigenvalue weighted by Gasteiger charge is 2.26. The monoisotopic (exact) mass is 270 g/mol. The molecule has 5 heteroatoms. The number of nitrogen functional groups attached to an aromatic ring is 1. The molecule has 5 nitrogen and oxygen atoms in total. The van der Waals surface area contributed by atoms with Gasteiger partial charge in [0.25, 0.3) is 5.91 Å². The second-order valence-corrected chi connectivity index (χ2v) is 5.43. The first kappa shape index (κ1) is 12.7. The summed E-state index contributed by atoms with van der Waals surface area (Å²) in [5.41, 5.74) is 9.10. The summed E-state index contributed by atoms with van der Waals surface area (Å²) in [6.07, 6.45) is 4.33. The van der Waals surface area contributed by atoms with Gasteiger partial charge in [-0.3, -0.25) is 4.79 Å². The molecule has 1 heterocycles. The maximum Gasteiger partial charge on any atom is 0.253 e. The third-order valence-electron chi connectivity index (χ3n) is 3.54. The fourth-order valence-corrected chi connectivity index (χ4v) is 2.20. The van der Waals surface area contributed by atoms with Crippen LogP contribution in [0.2, 0.25) is 0 Å². The number of nitrogens with two attached hydrogens (primary N) is 1. The van der Waals surface area contributed by atoms with E-state index in [0.717, 1.165) is 11.4 Å². The van der Waals surface area contributed by atoms with E-state index in [1.165, 1.54) is 12.8 Å². The number of aromatic nitrogens is 2. The van der Waals surface area contributed by atoms with Crippen LogP contribution in [0, 0.1) is 0 Å². The lowest BCUT2D eigenvalue weighted by molar-refractivity contribution is 0.0827. The zero-order chi connectivity index (χ0) is 14.3. The molecule has 2 N–H and O–H groups in total. The second kappa shape index (κ2) is 4.67. The number of carbonyl (C=O) groups excluding carboxylic acids is 1. The average Bonchev–Trinajstić information content (AvgIpc) is 3.17. The maximum atomic E-state index is 12.0. The normalized spacial score (nSPS) is 14.3. The van der Waals surface area contributed by atoms with Gasteiger partial charge in [-0.2, -0.15) is 5.10 Å². The number of nitrogens with zero attached hydrogens (tertiary/aromatic N) is 3. The van der Waals surface area contributed by atoms with Crippen LogP contribution in [-0.4, -0.2) is 34.7 Å². The standard InChI is InChI=1S/C15H18N4O/c1-18(2)15(20)11-5-6-12(16)14(9-11)19-8-7-13(17-19)10-3-4-10/h5-10H,3-4,16H2,1-2H3. The highest BCUT2D eigenvalue weighted by atomic mass is 16.2. The van der Waals surface area contributed by atoms with Crippen molar-refractivity contribution in [3.63, 3.8) is 0 Å². The Morgan fingerprint density at radius 1 is 1.35 bits per heavy atom. The molecule has 1 aliphatic rings. The number of rotatable bonds is 3. The molecule has 0 aliphatic heterocycles. The van der Waals surface area contributed by atoms with Crippen molar-refractivity contribution in [2.45, 2.75) is 18.8 Å². The zero-order valence-corrected chi connectivity index (χ0v) is 11.7. The molecule has 1 aromatic carbocycles. The summed E-state index contributed by atoms with van der Waals surface area (Å²) in [6.45, 7) is 0. The highest BCUT2D eigenvalue weighted by Crippen LogP contribution is 2.39. The summed E-state index contributed by atoms with van der Waals surface area (Å²) in [6, 6.07) is 7.32. The molecular formula is C15H18N4O. The Morgan fingerprint density at radius 2 is 2.10 bits per heavy atom. The minimum Gasteiger partial charge on any atom is -0.397 e. The average molecular weight is 270 g/mol. The van der Waals surface area contributed by atoms with Crippen LogP contribution in [0.3, 0.4) is 0 Å². The van der Waals surface area contributed by atoms with Gasteiger partial charge >= 0.3 is 0 Å². The van der Waals surface area contributed by atoms with Gasteiger partial charge in [0.15, 0.2) is 0 Å². The van der Waals surface area contributed by atoms with Crippen LogP contribution >= 0.6 is 0 Å². The van der Waals surface area contributed by atoms with Gasteiger partial charge in [0.2, 0.25) is 0 Å². The molecule has 1 aliphatic carbocycles. The zero-order valence-electron chi connectivity index (χ0n) is 11.7. The van der Waals surface area contributed by atoms with Crippen molar-refractivity contribution in [3.05, 3.63) is 41.7 Å². The molecule has 2 aromatic rings. The van der Waals surface area contributed by atoms with E-state index in [9.17, 15) is 4.79 Å². The van der Waals surface area contributed by atoms with Gasteiger partial charge < -0.3 is 10.6 Å². The fraction of sp³-hybridized carbons (Fsp3) is 0.333. The summed E-state index contributed by atoms with van der Waals surface area (Å²) in [5, 5.41) is 4.56. The van der Waals surface area contributed by atoms with Crippen molar-refractivity contribution in [2.24, 2.45) is 0 Å². The molecule has 0 unspecified atom stereocenters. The van der Waals surface area contributed by atoms with Gasteiger partial charge in [-0.15, -0.1) is 0 Å². The molecule has 1 amide bonds. The summed E-state index contributed by atoms with van der Waals surface area (Å²) in [7, 11) is 3.47. The van der Waals surface area contributed by atoms with Crippen LogP contribution in [-0.2, 0) is 0 Å². The van der Waals surface area contributed by atoms with Gasteiger partial charge in [0, 0.05) is 31.8 Å². The van der Waals surface area contributed by atoms with Crippen LogP contribution < -0.4 is 5.73 Å². The van der Waals surface area contributed by atoms with Crippen LogP contribution in [0.4, 0.5) is 5.69 Å². The van der Waals surface area contributed by atoms with E-state index in [1.807, 2.05) is 12.3 Å². The minimum atomic E-state index is -0.0409. The summed E-state index contributed by atoms with van der Waals surface area (Å²) < 4.78 is 1.76. The molecule has 20 heavy (non-hydrogen) atoms. The van der Waals surface area contributed by atoms with E-state index in [-0.39, 0.29) is 5.91 Å². The molecule has 0 spiro atoms. The summed E-state index contributed by atoms with van der Waals surface area (Å²) in [4.78, 5) is 13.6. The van der Waals surface area contributed by atoms with Crippen molar-refractivity contribution < 1.29 is 4.79 Å². The van der Waals surface area contributed by atoms with Crippen LogP contribution in [0.5, 0.6) is 0 Å². The van der Waals surface area contributed by atoms with Gasteiger partial charge in [0.1, 0.15) is 0 Å². The third-order valence-corrected chi connectivity index (χ3v) is 3.54. The van der Waals surface area contributed by atoms with E-state index in [2.05, 4.69) is 5.10 Å². The lowest BCUT2D eigenvalue weighted by atomic mass is 10.1. The van der Waals surface area contributed by atoms with E-state index in [0.29, 0.717) is 17.2 Å². The molecule has 1 fully saturated rings. The quantitative estimate of drug-likeness (QED) is 0.868. The first-order chi connectivity index (χ1) is 9.56. The molecular weight excluding hydrogens is 252 g/mol. The van der Waals surface area contributed by atoms with Crippen molar-refractivity contribution in [1.29, 1.82) is 0 Å². The Bertz CT molecular complexity index is 656. The Labute approximate surface area is 118 Å². The van der Waals surface area contributed by atoms with E-state index in [1.54, 1.807) is 41.9 Å². The molecule has 0 saturated heterocycles. The SMILES string of the molecule is CN(C)C(=O)c1ccc(N)c(-n2ccc(C3CC3)n2)c1. The predicted octanol–water partition coefficient (Wildman–Crippen LogP) is 2.03. The number of amides is 1. The predicted molar refractivity (Wildman–Crippen MR) is 78.0 cm³/mol. The molecule has 0 bridgehead atoms. The summed E-state index contributed by atoms with van der Waals surface area (Å²) >= 11 is 0. The Morgan fingerprint density at radius 3 is 2.75 bits per heavy atom. The van der Waals surface area contributed by atoms with Crippen molar-refractivity contribution >= 4 is 11.6 Å². The van der Waals surface area contributed by atoms with E-state index < -0.39 is 0 Å². The van der Waals surface area contributed by atoms with Crippen molar-refractivity contribution in [2.75, 3.05) is 19.8 Å². The number of anilines is 1. The molecule has 0 atom stereocenters.